The van der Waals surface area contributed by atoms with Gasteiger partial charge in [-0.25, -0.2) is 4.98 Å². The molecule has 0 saturated heterocycles. The third-order valence-electron chi connectivity index (χ3n) is 2.51. The van der Waals surface area contributed by atoms with E-state index in [4.69, 9.17) is 0 Å². The van der Waals surface area contributed by atoms with Crippen LogP contribution in [0.4, 0.5) is 0 Å². The van der Waals surface area contributed by atoms with E-state index in [-0.39, 0.29) is 0 Å². The Bertz CT molecular complexity index is 490. The van der Waals surface area contributed by atoms with Crippen molar-refractivity contribution in [1.29, 1.82) is 0 Å². The van der Waals surface area contributed by atoms with Crippen molar-refractivity contribution in [3.8, 4) is 0 Å². The number of benzene rings is 1. The molecule has 0 bridgehead atoms. The molecule has 78 valence electrons. The Balaban J connectivity index is 1.84. The highest BCUT2D eigenvalue weighted by Crippen LogP contribution is 2.26. The summed E-state index contributed by atoms with van der Waals surface area (Å²) in [6, 6.07) is 7.02. The first kappa shape index (κ1) is 9.75. The molecule has 4 heteroatoms. The fraction of sp³-hybridized carbons (Fsp3) is 0.364. The van der Waals surface area contributed by atoms with E-state index in [1.807, 2.05) is 0 Å². The van der Waals surface area contributed by atoms with Gasteiger partial charge in [-0.1, -0.05) is 15.9 Å². The molecule has 0 amide bonds. The van der Waals surface area contributed by atoms with Gasteiger partial charge < -0.3 is 5.32 Å². The van der Waals surface area contributed by atoms with E-state index in [1.165, 1.54) is 22.5 Å². The normalized spacial score (nSPS) is 16.1. The Morgan fingerprint density at radius 2 is 2.33 bits per heavy atom. The molecular formula is C11H11BrN2S. The van der Waals surface area contributed by atoms with E-state index in [9.17, 15) is 0 Å². The number of nitrogens with one attached hydrogen (secondary N) is 1. The zero-order valence-electron chi connectivity index (χ0n) is 8.16. The number of rotatable bonds is 3. The van der Waals surface area contributed by atoms with Gasteiger partial charge in [0.15, 0.2) is 0 Å². The first-order valence-electron chi connectivity index (χ1n) is 5.09. The average molecular weight is 283 g/mol. The van der Waals surface area contributed by atoms with E-state index in [2.05, 4.69) is 44.4 Å². The summed E-state index contributed by atoms with van der Waals surface area (Å²) in [4.78, 5) is 4.60. The third-order valence-corrected chi connectivity index (χ3v) is 4.04. The Morgan fingerprint density at radius 1 is 1.47 bits per heavy atom. The van der Waals surface area contributed by atoms with Gasteiger partial charge in [0.05, 0.1) is 10.2 Å². The van der Waals surface area contributed by atoms with E-state index >= 15 is 0 Å². The lowest BCUT2D eigenvalue weighted by Crippen LogP contribution is -2.14. The molecule has 15 heavy (non-hydrogen) atoms. The van der Waals surface area contributed by atoms with Crippen molar-refractivity contribution < 1.29 is 0 Å². The molecule has 0 radical (unpaired) electrons. The van der Waals surface area contributed by atoms with Crippen molar-refractivity contribution >= 4 is 37.5 Å². The third kappa shape index (κ3) is 2.22. The fourth-order valence-corrected chi connectivity index (χ4v) is 2.79. The number of hydrogen-bond acceptors (Lipinski definition) is 3. The molecule has 1 aromatic carbocycles. The number of aromatic nitrogens is 1. The molecule has 1 saturated carbocycles. The molecule has 1 aliphatic carbocycles. The van der Waals surface area contributed by atoms with Gasteiger partial charge in [0.1, 0.15) is 5.01 Å². The molecular weight excluding hydrogens is 272 g/mol. The van der Waals surface area contributed by atoms with Crippen molar-refractivity contribution in [1.82, 2.24) is 10.3 Å². The van der Waals surface area contributed by atoms with Gasteiger partial charge in [-0.2, -0.15) is 0 Å². The zero-order chi connectivity index (χ0) is 10.3. The van der Waals surface area contributed by atoms with Crippen LogP contribution in [-0.4, -0.2) is 11.0 Å². The van der Waals surface area contributed by atoms with Crippen molar-refractivity contribution in [2.45, 2.75) is 25.4 Å². The maximum atomic E-state index is 4.60. The van der Waals surface area contributed by atoms with Crippen LogP contribution in [0.15, 0.2) is 22.7 Å². The number of hydrogen-bond donors (Lipinski definition) is 1. The van der Waals surface area contributed by atoms with Gasteiger partial charge in [-0.05, 0) is 31.0 Å². The molecule has 3 rings (SSSR count). The lowest BCUT2D eigenvalue weighted by molar-refractivity contribution is 0.685. The summed E-state index contributed by atoms with van der Waals surface area (Å²) in [5.74, 6) is 0. The molecule has 1 heterocycles. The summed E-state index contributed by atoms with van der Waals surface area (Å²) in [6.07, 6.45) is 2.66. The molecule has 0 atom stereocenters. The first-order chi connectivity index (χ1) is 7.31. The summed E-state index contributed by atoms with van der Waals surface area (Å²) in [5.41, 5.74) is 1.10. The van der Waals surface area contributed by atoms with Crippen molar-refractivity contribution in [2.24, 2.45) is 0 Å². The van der Waals surface area contributed by atoms with Crippen LogP contribution >= 0.6 is 27.3 Å². The Hall–Kier alpha value is -0.450. The molecule has 0 spiro atoms. The molecule has 1 N–H and O–H groups in total. The van der Waals surface area contributed by atoms with Crippen LogP contribution in [0.3, 0.4) is 0 Å². The van der Waals surface area contributed by atoms with E-state index in [0.717, 1.165) is 22.6 Å². The van der Waals surface area contributed by atoms with Gasteiger partial charge in [-0.3, -0.25) is 0 Å². The number of fused-ring (bicyclic) bond motifs is 1. The van der Waals surface area contributed by atoms with E-state index < -0.39 is 0 Å². The largest absolute Gasteiger partial charge is 0.308 e. The summed E-state index contributed by atoms with van der Waals surface area (Å²) < 4.78 is 2.37. The van der Waals surface area contributed by atoms with Crippen LogP contribution in [0.2, 0.25) is 0 Å². The molecule has 1 aliphatic rings. The lowest BCUT2D eigenvalue weighted by Gasteiger charge is -1.96. The monoisotopic (exact) mass is 282 g/mol. The first-order valence-corrected chi connectivity index (χ1v) is 6.70. The Labute approximate surface area is 101 Å². The maximum Gasteiger partial charge on any atom is 0.108 e. The SMILES string of the molecule is Brc1ccc2sc(CNC3CC3)nc2c1. The second kappa shape index (κ2) is 3.85. The molecule has 2 aromatic rings. The minimum absolute atomic E-state index is 0.753. The highest BCUT2D eigenvalue weighted by molar-refractivity contribution is 9.10. The summed E-state index contributed by atoms with van der Waals surface area (Å²) in [7, 11) is 0. The quantitative estimate of drug-likeness (QED) is 0.934. The van der Waals surface area contributed by atoms with Gasteiger partial charge in [0.2, 0.25) is 0 Å². The van der Waals surface area contributed by atoms with Crippen LogP contribution in [0.25, 0.3) is 10.2 Å². The van der Waals surface area contributed by atoms with Crippen LogP contribution in [0, 0.1) is 0 Å². The van der Waals surface area contributed by atoms with Crippen molar-refractivity contribution in [3.05, 3.63) is 27.7 Å². The van der Waals surface area contributed by atoms with Crippen LogP contribution in [0.5, 0.6) is 0 Å². The van der Waals surface area contributed by atoms with Crippen LogP contribution in [0.1, 0.15) is 17.8 Å². The number of nitrogens with zero attached hydrogens (tertiary/aromatic N) is 1. The van der Waals surface area contributed by atoms with E-state index in [0.29, 0.717) is 0 Å². The molecule has 1 fully saturated rings. The molecule has 2 nitrogen and oxygen atoms in total. The van der Waals surface area contributed by atoms with Gasteiger partial charge in [0.25, 0.3) is 0 Å². The fourth-order valence-electron chi connectivity index (χ4n) is 1.54. The molecule has 0 unspecified atom stereocenters. The highest BCUT2D eigenvalue weighted by atomic mass is 79.9. The lowest BCUT2D eigenvalue weighted by atomic mass is 10.3. The smallest absolute Gasteiger partial charge is 0.108 e. The summed E-state index contributed by atoms with van der Waals surface area (Å²) in [5, 5.41) is 4.67. The van der Waals surface area contributed by atoms with Crippen molar-refractivity contribution in [3.63, 3.8) is 0 Å². The van der Waals surface area contributed by atoms with Crippen LogP contribution in [-0.2, 0) is 6.54 Å². The number of thiazole rings is 1. The molecule has 0 aliphatic heterocycles. The topological polar surface area (TPSA) is 24.9 Å². The summed E-state index contributed by atoms with van der Waals surface area (Å²) >= 11 is 5.24. The van der Waals surface area contributed by atoms with Gasteiger partial charge in [0, 0.05) is 17.1 Å². The molecule has 1 aromatic heterocycles. The number of halogens is 1. The minimum Gasteiger partial charge on any atom is -0.308 e. The highest BCUT2D eigenvalue weighted by Gasteiger charge is 2.20. The standard InChI is InChI=1S/C11H11BrN2S/c12-7-1-4-10-9(5-7)14-11(15-10)6-13-8-2-3-8/h1,4-5,8,13H,2-3,6H2. The van der Waals surface area contributed by atoms with E-state index in [1.54, 1.807) is 11.3 Å². The summed E-state index contributed by atoms with van der Waals surface area (Å²) in [6.45, 7) is 0.918. The Kier molecular flexibility index (Phi) is 2.50. The maximum absolute atomic E-state index is 4.60. The zero-order valence-corrected chi connectivity index (χ0v) is 10.6. The predicted octanol–water partition coefficient (Wildman–Crippen LogP) is 3.31. The van der Waals surface area contributed by atoms with Gasteiger partial charge in [-0.15, -0.1) is 11.3 Å². The average Bonchev–Trinajstić information content (AvgIpc) is 2.95. The van der Waals surface area contributed by atoms with Crippen molar-refractivity contribution in [2.75, 3.05) is 0 Å². The second-order valence-corrected chi connectivity index (χ2v) is 5.91. The minimum atomic E-state index is 0.753. The second-order valence-electron chi connectivity index (χ2n) is 3.87. The Morgan fingerprint density at radius 3 is 3.13 bits per heavy atom. The van der Waals surface area contributed by atoms with Crippen LogP contribution < -0.4 is 5.32 Å². The predicted molar refractivity (Wildman–Crippen MR) is 67.2 cm³/mol. The van der Waals surface area contributed by atoms with Gasteiger partial charge >= 0.3 is 0 Å².